The molecule has 2 aliphatic carbocycles. The SMILES string of the molecule is O=c1cc2c(=O)cc3cccc4ccc(c1)c-2c43. The standard InChI is InChI=1S/C16H8O2/c17-12-6-11-5-4-9-2-1-3-10-7-14(18)13(8-12)16(11)15(9)10/h1-8H. The third-order valence-electron chi connectivity index (χ3n) is 3.52. The topological polar surface area (TPSA) is 34.1 Å². The van der Waals surface area contributed by atoms with Gasteiger partial charge in [0.1, 0.15) is 0 Å². The first-order chi connectivity index (χ1) is 8.74. The Hall–Kier alpha value is -2.48. The fourth-order valence-corrected chi connectivity index (χ4v) is 2.78. The van der Waals surface area contributed by atoms with Crippen molar-refractivity contribution in [3.63, 3.8) is 0 Å². The average molecular weight is 232 g/mol. The Morgan fingerprint density at radius 3 is 2.39 bits per heavy atom. The van der Waals surface area contributed by atoms with E-state index in [-0.39, 0.29) is 10.9 Å². The van der Waals surface area contributed by atoms with E-state index in [1.165, 1.54) is 6.07 Å². The van der Waals surface area contributed by atoms with Crippen LogP contribution in [0.2, 0.25) is 0 Å². The monoisotopic (exact) mass is 232 g/mol. The number of rotatable bonds is 0. The molecule has 0 aromatic heterocycles. The summed E-state index contributed by atoms with van der Waals surface area (Å²) in [5, 5.41) is 3.96. The Balaban J connectivity index is 2.50. The van der Waals surface area contributed by atoms with Gasteiger partial charge in [0.15, 0.2) is 10.9 Å². The molecule has 0 bridgehead atoms. The lowest BCUT2D eigenvalue weighted by Crippen LogP contribution is -2.10. The summed E-state index contributed by atoms with van der Waals surface area (Å²) in [6, 6.07) is 14.5. The third kappa shape index (κ3) is 1.07. The van der Waals surface area contributed by atoms with Crippen molar-refractivity contribution in [2.45, 2.75) is 0 Å². The first-order valence-corrected chi connectivity index (χ1v) is 5.79. The lowest BCUT2D eigenvalue weighted by atomic mass is 9.89. The smallest absolute Gasteiger partial charge is 0.187 e. The predicted octanol–water partition coefficient (Wildman–Crippen LogP) is 2.69. The Bertz CT molecular complexity index is 956. The number of hydrogen-bond donors (Lipinski definition) is 0. The summed E-state index contributed by atoms with van der Waals surface area (Å²) in [5.41, 5.74) is 1.25. The zero-order valence-corrected chi connectivity index (χ0v) is 9.44. The van der Waals surface area contributed by atoms with Gasteiger partial charge in [0, 0.05) is 11.1 Å². The summed E-state index contributed by atoms with van der Waals surface area (Å²) >= 11 is 0. The predicted molar refractivity (Wildman–Crippen MR) is 73.0 cm³/mol. The van der Waals surface area contributed by atoms with E-state index in [2.05, 4.69) is 0 Å². The molecule has 18 heavy (non-hydrogen) atoms. The van der Waals surface area contributed by atoms with Gasteiger partial charge in [-0.2, -0.15) is 0 Å². The van der Waals surface area contributed by atoms with Crippen LogP contribution in [0.3, 0.4) is 0 Å². The molecule has 0 N–H and O–H groups in total. The molecule has 0 amide bonds. The Morgan fingerprint density at radius 1 is 0.722 bits per heavy atom. The zero-order chi connectivity index (χ0) is 12.3. The van der Waals surface area contributed by atoms with Crippen LogP contribution in [0.5, 0.6) is 0 Å². The molecule has 0 atom stereocenters. The minimum atomic E-state index is -0.113. The second-order valence-corrected chi connectivity index (χ2v) is 4.59. The highest BCUT2D eigenvalue weighted by molar-refractivity contribution is 6.14. The van der Waals surface area contributed by atoms with Crippen LogP contribution in [-0.4, -0.2) is 0 Å². The molecule has 2 aromatic rings. The van der Waals surface area contributed by atoms with Crippen molar-refractivity contribution in [1.82, 2.24) is 0 Å². The third-order valence-corrected chi connectivity index (χ3v) is 3.52. The molecule has 2 heteroatoms. The first kappa shape index (κ1) is 9.54. The molecule has 0 aliphatic heterocycles. The molecule has 0 spiro atoms. The average Bonchev–Trinajstić information content (AvgIpc) is 2.36. The molecule has 0 saturated heterocycles. The summed E-state index contributed by atoms with van der Waals surface area (Å²) in [5.74, 6) is 0. The van der Waals surface area contributed by atoms with E-state index in [1.807, 2.05) is 30.3 Å². The minimum absolute atomic E-state index is 0.0797. The van der Waals surface area contributed by atoms with Crippen molar-refractivity contribution in [1.29, 1.82) is 0 Å². The van der Waals surface area contributed by atoms with Gasteiger partial charge in [0.2, 0.25) is 0 Å². The van der Waals surface area contributed by atoms with Crippen molar-refractivity contribution < 1.29 is 0 Å². The lowest BCUT2D eigenvalue weighted by molar-refractivity contribution is 1.54. The van der Waals surface area contributed by atoms with Gasteiger partial charge in [0.05, 0.1) is 0 Å². The molecule has 84 valence electrons. The van der Waals surface area contributed by atoms with Gasteiger partial charge in [-0.3, -0.25) is 9.59 Å². The van der Waals surface area contributed by atoms with E-state index in [9.17, 15) is 9.59 Å². The van der Waals surface area contributed by atoms with Crippen LogP contribution in [0.1, 0.15) is 0 Å². The maximum Gasteiger partial charge on any atom is 0.187 e. The molecule has 2 nitrogen and oxygen atoms in total. The molecule has 0 fully saturated rings. The van der Waals surface area contributed by atoms with E-state index in [1.54, 1.807) is 12.1 Å². The Labute approximate surface area is 102 Å². The van der Waals surface area contributed by atoms with Gasteiger partial charge < -0.3 is 0 Å². The van der Waals surface area contributed by atoms with E-state index in [0.717, 1.165) is 27.1 Å². The molecule has 0 radical (unpaired) electrons. The molecule has 0 heterocycles. The molecule has 2 aromatic carbocycles. The summed E-state index contributed by atoms with van der Waals surface area (Å²) in [6.07, 6.45) is 0. The molecule has 4 rings (SSSR count). The fourth-order valence-electron chi connectivity index (χ4n) is 2.78. The van der Waals surface area contributed by atoms with Crippen molar-refractivity contribution in [3.8, 4) is 11.1 Å². The molecule has 0 saturated carbocycles. The van der Waals surface area contributed by atoms with Crippen molar-refractivity contribution in [2.24, 2.45) is 0 Å². The molecule has 2 aliphatic rings. The van der Waals surface area contributed by atoms with Crippen LogP contribution in [-0.2, 0) is 0 Å². The van der Waals surface area contributed by atoms with Gasteiger partial charge in [-0.25, -0.2) is 0 Å². The van der Waals surface area contributed by atoms with Crippen LogP contribution in [0.25, 0.3) is 32.7 Å². The van der Waals surface area contributed by atoms with E-state index in [4.69, 9.17) is 0 Å². The highest BCUT2D eigenvalue weighted by Crippen LogP contribution is 2.35. The van der Waals surface area contributed by atoms with E-state index >= 15 is 0 Å². The van der Waals surface area contributed by atoms with Crippen LogP contribution in [0, 0.1) is 0 Å². The van der Waals surface area contributed by atoms with Crippen molar-refractivity contribution in [3.05, 3.63) is 69.0 Å². The number of benzene rings is 4. The first-order valence-electron chi connectivity index (χ1n) is 5.79. The highest BCUT2D eigenvalue weighted by atomic mass is 16.1. The Kier molecular flexibility index (Phi) is 1.61. The number of hydrogen-bond acceptors (Lipinski definition) is 2. The van der Waals surface area contributed by atoms with Crippen LogP contribution in [0.4, 0.5) is 0 Å². The minimum Gasteiger partial charge on any atom is -0.290 e. The van der Waals surface area contributed by atoms with Gasteiger partial charge >= 0.3 is 0 Å². The van der Waals surface area contributed by atoms with Gasteiger partial charge in [-0.1, -0.05) is 30.3 Å². The van der Waals surface area contributed by atoms with Crippen LogP contribution in [0.15, 0.2) is 58.1 Å². The molecular weight excluding hydrogens is 224 g/mol. The maximum atomic E-state index is 12.1. The van der Waals surface area contributed by atoms with Gasteiger partial charge in [0.25, 0.3) is 0 Å². The van der Waals surface area contributed by atoms with E-state index in [0.29, 0.717) is 5.56 Å². The summed E-state index contributed by atoms with van der Waals surface area (Å²) in [7, 11) is 0. The van der Waals surface area contributed by atoms with Crippen LogP contribution >= 0.6 is 0 Å². The van der Waals surface area contributed by atoms with E-state index < -0.39 is 0 Å². The second kappa shape index (κ2) is 3.05. The second-order valence-electron chi connectivity index (χ2n) is 4.59. The lowest BCUT2D eigenvalue weighted by Gasteiger charge is -2.13. The summed E-state index contributed by atoms with van der Waals surface area (Å²) in [4.78, 5) is 23.7. The summed E-state index contributed by atoms with van der Waals surface area (Å²) < 4.78 is 0. The largest absolute Gasteiger partial charge is 0.290 e. The fraction of sp³-hybridized carbons (Fsp3) is 0. The van der Waals surface area contributed by atoms with Crippen molar-refractivity contribution in [2.75, 3.05) is 0 Å². The quantitative estimate of drug-likeness (QED) is 0.437. The highest BCUT2D eigenvalue weighted by Gasteiger charge is 2.16. The van der Waals surface area contributed by atoms with Gasteiger partial charge in [-0.05, 0) is 39.7 Å². The normalized spacial score (nSPS) is 11.8. The maximum absolute atomic E-state index is 12.1. The van der Waals surface area contributed by atoms with Crippen molar-refractivity contribution >= 4 is 21.5 Å². The molecular formula is C16H8O2. The van der Waals surface area contributed by atoms with Gasteiger partial charge in [-0.15, -0.1) is 0 Å². The summed E-state index contributed by atoms with van der Waals surface area (Å²) in [6.45, 7) is 0. The zero-order valence-electron chi connectivity index (χ0n) is 9.44. The van der Waals surface area contributed by atoms with Crippen LogP contribution < -0.4 is 10.9 Å². The molecule has 0 unspecified atom stereocenters. The Morgan fingerprint density at radius 2 is 1.50 bits per heavy atom.